The number of hydrogen-bond acceptors (Lipinski definition) is 6. The Bertz CT molecular complexity index is 948. The van der Waals surface area contributed by atoms with Gasteiger partial charge < -0.3 is 9.80 Å². The van der Waals surface area contributed by atoms with Crippen molar-refractivity contribution in [1.29, 1.82) is 5.26 Å². The molecule has 0 saturated carbocycles. The van der Waals surface area contributed by atoms with Gasteiger partial charge in [0.1, 0.15) is 18.2 Å². The summed E-state index contributed by atoms with van der Waals surface area (Å²) in [5.41, 5.74) is 2.68. The first kappa shape index (κ1) is 16.1. The zero-order valence-electron chi connectivity index (χ0n) is 14.6. The van der Waals surface area contributed by atoms with Crippen LogP contribution in [0.5, 0.6) is 0 Å². The van der Waals surface area contributed by atoms with Crippen molar-refractivity contribution in [2.45, 2.75) is 6.92 Å². The minimum absolute atomic E-state index is 0.722. The molecule has 0 atom stereocenters. The molecule has 0 amide bonds. The Hall–Kier alpha value is -3.40. The van der Waals surface area contributed by atoms with Crippen molar-refractivity contribution in [3.05, 3.63) is 60.2 Å². The molecule has 7 heteroatoms. The molecule has 130 valence electrons. The molecule has 1 aliphatic rings. The van der Waals surface area contributed by atoms with Crippen LogP contribution in [-0.4, -0.2) is 45.9 Å². The number of aryl methyl sites for hydroxylation is 1. The zero-order valence-corrected chi connectivity index (χ0v) is 14.6. The summed E-state index contributed by atoms with van der Waals surface area (Å²) in [6, 6.07) is 13.9. The van der Waals surface area contributed by atoms with Gasteiger partial charge in [0.05, 0.1) is 16.9 Å². The van der Waals surface area contributed by atoms with E-state index in [0.29, 0.717) is 0 Å². The number of para-hydroxylation sites is 1. The summed E-state index contributed by atoms with van der Waals surface area (Å²) in [6.07, 6.45) is 3.48. The number of aromatic nitrogens is 4. The Morgan fingerprint density at radius 3 is 2.42 bits per heavy atom. The van der Waals surface area contributed by atoms with Gasteiger partial charge in [0, 0.05) is 38.4 Å². The molecule has 3 aromatic rings. The average molecular weight is 345 g/mol. The molecule has 0 radical (unpaired) electrons. The third-order valence-corrected chi connectivity index (χ3v) is 4.56. The van der Waals surface area contributed by atoms with E-state index in [-0.39, 0.29) is 0 Å². The second-order valence-electron chi connectivity index (χ2n) is 6.24. The molecule has 1 fully saturated rings. The third kappa shape index (κ3) is 3.09. The van der Waals surface area contributed by atoms with E-state index in [2.05, 4.69) is 30.9 Å². The topological polar surface area (TPSA) is 73.9 Å². The number of benzene rings is 1. The van der Waals surface area contributed by atoms with Crippen molar-refractivity contribution < 1.29 is 0 Å². The number of nitriles is 1. The lowest BCUT2D eigenvalue weighted by atomic mass is 10.1. The fourth-order valence-corrected chi connectivity index (χ4v) is 3.20. The van der Waals surface area contributed by atoms with Crippen LogP contribution < -0.4 is 9.80 Å². The van der Waals surface area contributed by atoms with Crippen LogP contribution in [0.2, 0.25) is 0 Å². The SMILES string of the molecule is Cc1ccn(-c2cc(N3CCN(c4ccccc4C#N)CC3)ncn2)n1. The van der Waals surface area contributed by atoms with E-state index in [1.165, 1.54) is 0 Å². The van der Waals surface area contributed by atoms with Crippen molar-refractivity contribution in [3.63, 3.8) is 0 Å². The van der Waals surface area contributed by atoms with Crippen molar-refractivity contribution in [3.8, 4) is 11.9 Å². The Labute approximate surface area is 152 Å². The highest BCUT2D eigenvalue weighted by molar-refractivity contribution is 5.60. The molecule has 0 spiro atoms. The lowest BCUT2D eigenvalue weighted by Crippen LogP contribution is -2.47. The molecule has 7 nitrogen and oxygen atoms in total. The van der Waals surface area contributed by atoms with Gasteiger partial charge >= 0.3 is 0 Å². The van der Waals surface area contributed by atoms with Gasteiger partial charge in [-0.15, -0.1) is 0 Å². The molecule has 26 heavy (non-hydrogen) atoms. The van der Waals surface area contributed by atoms with Crippen LogP contribution >= 0.6 is 0 Å². The lowest BCUT2D eigenvalue weighted by molar-refractivity contribution is 0.645. The van der Waals surface area contributed by atoms with Gasteiger partial charge in [0.15, 0.2) is 5.82 Å². The van der Waals surface area contributed by atoms with Crippen LogP contribution in [0, 0.1) is 18.3 Å². The zero-order chi connectivity index (χ0) is 17.9. The highest BCUT2D eigenvalue weighted by atomic mass is 15.3. The van der Waals surface area contributed by atoms with E-state index >= 15 is 0 Å². The Kier molecular flexibility index (Phi) is 4.23. The fraction of sp³-hybridized carbons (Fsp3) is 0.263. The number of hydrogen-bond donors (Lipinski definition) is 0. The molecular formula is C19H19N7. The number of anilines is 2. The summed E-state index contributed by atoms with van der Waals surface area (Å²) < 4.78 is 1.76. The van der Waals surface area contributed by atoms with Crippen molar-refractivity contribution in [2.24, 2.45) is 0 Å². The van der Waals surface area contributed by atoms with Gasteiger partial charge in [0.2, 0.25) is 0 Å². The molecule has 1 aromatic carbocycles. The van der Waals surface area contributed by atoms with Crippen LogP contribution in [0.1, 0.15) is 11.3 Å². The number of rotatable bonds is 3. The minimum Gasteiger partial charge on any atom is -0.367 e. The van der Waals surface area contributed by atoms with Crippen molar-refractivity contribution >= 4 is 11.5 Å². The van der Waals surface area contributed by atoms with Gasteiger partial charge in [0.25, 0.3) is 0 Å². The summed E-state index contributed by atoms with van der Waals surface area (Å²) in [5.74, 6) is 1.66. The van der Waals surface area contributed by atoms with Gasteiger partial charge in [-0.05, 0) is 25.1 Å². The second-order valence-corrected chi connectivity index (χ2v) is 6.24. The van der Waals surface area contributed by atoms with E-state index < -0.39 is 0 Å². The molecule has 1 aliphatic heterocycles. The summed E-state index contributed by atoms with van der Waals surface area (Å²) in [6.45, 7) is 5.33. The van der Waals surface area contributed by atoms with Crippen LogP contribution in [0.15, 0.2) is 48.9 Å². The molecular weight excluding hydrogens is 326 g/mol. The maximum atomic E-state index is 9.31. The summed E-state index contributed by atoms with van der Waals surface area (Å²) >= 11 is 0. The van der Waals surface area contributed by atoms with Crippen LogP contribution in [0.25, 0.3) is 5.82 Å². The maximum absolute atomic E-state index is 9.31. The number of piperazine rings is 1. The van der Waals surface area contributed by atoms with Gasteiger partial charge in [-0.25, -0.2) is 14.6 Å². The minimum atomic E-state index is 0.722. The Balaban J connectivity index is 1.49. The molecule has 4 rings (SSSR count). The van der Waals surface area contributed by atoms with E-state index in [1.807, 2.05) is 49.5 Å². The molecule has 1 saturated heterocycles. The fourth-order valence-electron chi connectivity index (χ4n) is 3.20. The molecule has 2 aromatic heterocycles. The van der Waals surface area contributed by atoms with E-state index in [1.54, 1.807) is 11.0 Å². The monoisotopic (exact) mass is 345 g/mol. The van der Waals surface area contributed by atoms with E-state index in [4.69, 9.17) is 0 Å². The molecule has 0 unspecified atom stereocenters. The highest BCUT2D eigenvalue weighted by Crippen LogP contribution is 2.23. The third-order valence-electron chi connectivity index (χ3n) is 4.56. The first-order chi connectivity index (χ1) is 12.7. The van der Waals surface area contributed by atoms with E-state index in [0.717, 1.165) is 54.8 Å². The number of nitrogens with zero attached hydrogens (tertiary/aromatic N) is 7. The van der Waals surface area contributed by atoms with Gasteiger partial charge in [-0.2, -0.15) is 10.4 Å². The van der Waals surface area contributed by atoms with Crippen LogP contribution in [-0.2, 0) is 0 Å². The average Bonchev–Trinajstić information content (AvgIpc) is 3.14. The normalized spacial score (nSPS) is 14.3. The second kappa shape index (κ2) is 6.84. The Morgan fingerprint density at radius 2 is 1.69 bits per heavy atom. The molecule has 0 aliphatic carbocycles. The Morgan fingerprint density at radius 1 is 0.962 bits per heavy atom. The van der Waals surface area contributed by atoms with E-state index in [9.17, 15) is 5.26 Å². The van der Waals surface area contributed by atoms with Gasteiger partial charge in [-0.1, -0.05) is 12.1 Å². The maximum Gasteiger partial charge on any atom is 0.158 e. The first-order valence-electron chi connectivity index (χ1n) is 8.58. The molecule has 3 heterocycles. The quantitative estimate of drug-likeness (QED) is 0.724. The predicted octanol–water partition coefficient (Wildman–Crippen LogP) is 2.17. The summed E-state index contributed by atoms with van der Waals surface area (Å²) in [5, 5.41) is 13.7. The summed E-state index contributed by atoms with van der Waals surface area (Å²) in [4.78, 5) is 13.3. The first-order valence-corrected chi connectivity index (χ1v) is 8.58. The highest BCUT2D eigenvalue weighted by Gasteiger charge is 2.20. The molecule has 0 bridgehead atoms. The van der Waals surface area contributed by atoms with Crippen LogP contribution in [0.4, 0.5) is 11.5 Å². The van der Waals surface area contributed by atoms with Crippen molar-refractivity contribution in [1.82, 2.24) is 19.7 Å². The van der Waals surface area contributed by atoms with Gasteiger partial charge in [-0.3, -0.25) is 0 Å². The smallest absolute Gasteiger partial charge is 0.158 e. The van der Waals surface area contributed by atoms with Crippen LogP contribution in [0.3, 0.4) is 0 Å². The molecule has 0 N–H and O–H groups in total. The standard InChI is InChI=1S/C19H19N7/c1-15-6-7-26(23-15)19-12-18(21-14-22-19)25-10-8-24(9-11-25)17-5-3-2-4-16(17)13-20/h2-7,12,14H,8-11H2,1H3. The van der Waals surface area contributed by atoms with Crippen molar-refractivity contribution in [2.75, 3.05) is 36.0 Å². The summed E-state index contributed by atoms with van der Waals surface area (Å²) in [7, 11) is 0. The lowest BCUT2D eigenvalue weighted by Gasteiger charge is -2.37. The predicted molar refractivity (Wildman–Crippen MR) is 99.5 cm³/mol. The largest absolute Gasteiger partial charge is 0.367 e.